The third-order valence-electron chi connectivity index (χ3n) is 2.06. The molecule has 2 heterocycles. The van der Waals surface area contributed by atoms with E-state index in [9.17, 15) is 4.79 Å². The minimum Gasteiger partial charge on any atom is -0.422 e. The van der Waals surface area contributed by atoms with Gasteiger partial charge in [0.25, 0.3) is 0 Å². The van der Waals surface area contributed by atoms with Crippen molar-refractivity contribution in [2.45, 2.75) is 25.7 Å². The number of rotatable bonds is 1. The van der Waals surface area contributed by atoms with Gasteiger partial charge in [-0.1, -0.05) is 0 Å². The molecule has 1 atom stereocenters. The van der Waals surface area contributed by atoms with E-state index in [0.717, 1.165) is 0 Å². The minimum atomic E-state index is -0.569. The summed E-state index contributed by atoms with van der Waals surface area (Å²) in [5, 5.41) is 0. The van der Waals surface area contributed by atoms with Gasteiger partial charge < -0.3 is 14.2 Å². The van der Waals surface area contributed by atoms with Crippen LogP contribution in [0.2, 0.25) is 0 Å². The Labute approximate surface area is 96.0 Å². The molecule has 0 amide bonds. The first kappa shape index (κ1) is 10.9. The zero-order valence-electron chi connectivity index (χ0n) is 8.45. The molecular formula is C10H11BrO4. The number of halogens is 1. The van der Waals surface area contributed by atoms with Crippen LogP contribution < -0.4 is 0 Å². The van der Waals surface area contributed by atoms with Crippen molar-refractivity contribution >= 4 is 21.9 Å². The Kier molecular flexibility index (Phi) is 2.70. The molecular weight excluding hydrogens is 264 g/mol. The monoisotopic (exact) mass is 274 g/mol. The second-order valence-electron chi connectivity index (χ2n) is 3.81. The van der Waals surface area contributed by atoms with Gasteiger partial charge in [0.1, 0.15) is 11.9 Å². The number of allylic oxidation sites excluding steroid dienone is 1. The summed E-state index contributed by atoms with van der Waals surface area (Å²) in [5.41, 5.74) is 0. The third kappa shape index (κ3) is 2.48. The number of cyclic esters (lactones) is 1. The maximum Gasteiger partial charge on any atom is 0.337 e. The summed E-state index contributed by atoms with van der Waals surface area (Å²) in [6, 6.07) is 0. The Morgan fingerprint density at radius 3 is 2.80 bits per heavy atom. The lowest BCUT2D eigenvalue weighted by Gasteiger charge is -2.15. The van der Waals surface area contributed by atoms with Crippen LogP contribution in [0.4, 0.5) is 0 Å². The fourth-order valence-electron chi connectivity index (χ4n) is 1.44. The van der Waals surface area contributed by atoms with Crippen LogP contribution in [0.5, 0.6) is 0 Å². The summed E-state index contributed by atoms with van der Waals surface area (Å²) in [6.07, 6.45) is 2.94. The van der Waals surface area contributed by atoms with E-state index in [1.54, 1.807) is 6.08 Å². The first-order valence-electron chi connectivity index (χ1n) is 4.59. The lowest BCUT2D eigenvalue weighted by atomic mass is 10.3. The zero-order valence-corrected chi connectivity index (χ0v) is 10.0. The molecule has 1 fully saturated rings. The number of carbonyl (C=O) groups is 1. The minimum absolute atomic E-state index is 0.179. The molecule has 5 heteroatoms. The third-order valence-corrected chi connectivity index (χ3v) is 2.68. The first-order valence-corrected chi connectivity index (χ1v) is 5.38. The smallest absolute Gasteiger partial charge is 0.337 e. The van der Waals surface area contributed by atoms with Crippen LogP contribution in [0, 0.1) is 0 Å². The number of hydrogen-bond acceptors (Lipinski definition) is 4. The molecule has 0 aliphatic carbocycles. The van der Waals surface area contributed by atoms with Crippen LogP contribution in [0.1, 0.15) is 13.8 Å². The van der Waals surface area contributed by atoms with Crippen molar-refractivity contribution in [2.24, 2.45) is 0 Å². The Bertz CT molecular complexity index is 356. The number of esters is 1. The van der Waals surface area contributed by atoms with E-state index in [0.29, 0.717) is 16.8 Å². The zero-order chi connectivity index (χ0) is 11.1. The molecule has 1 saturated heterocycles. The molecule has 4 nitrogen and oxygen atoms in total. The van der Waals surface area contributed by atoms with Crippen molar-refractivity contribution in [3.05, 3.63) is 22.4 Å². The van der Waals surface area contributed by atoms with E-state index in [4.69, 9.17) is 14.2 Å². The van der Waals surface area contributed by atoms with Gasteiger partial charge in [-0.05, 0) is 35.9 Å². The molecule has 0 aromatic rings. The van der Waals surface area contributed by atoms with Crippen LogP contribution in [-0.4, -0.2) is 24.5 Å². The summed E-state index contributed by atoms with van der Waals surface area (Å²) >= 11 is 3.23. The Hall–Kier alpha value is -0.650. The highest BCUT2D eigenvalue weighted by atomic mass is 79.9. The second kappa shape index (κ2) is 3.73. The van der Waals surface area contributed by atoms with Crippen molar-refractivity contribution in [1.29, 1.82) is 0 Å². The van der Waals surface area contributed by atoms with Gasteiger partial charge in [-0.3, -0.25) is 0 Å². The number of hydrogen-bond donors (Lipinski definition) is 0. The highest BCUT2D eigenvalue weighted by Gasteiger charge is 2.32. The molecule has 0 spiro atoms. The fraction of sp³-hybridized carbons (Fsp3) is 0.500. The quantitative estimate of drug-likeness (QED) is 0.685. The van der Waals surface area contributed by atoms with Crippen LogP contribution >= 0.6 is 15.9 Å². The van der Waals surface area contributed by atoms with E-state index < -0.39 is 5.79 Å². The molecule has 82 valence electrons. The van der Waals surface area contributed by atoms with Gasteiger partial charge in [0.2, 0.25) is 0 Å². The molecule has 2 aliphatic rings. The van der Waals surface area contributed by atoms with E-state index in [-0.39, 0.29) is 12.1 Å². The van der Waals surface area contributed by atoms with Crippen molar-refractivity contribution in [1.82, 2.24) is 0 Å². The van der Waals surface area contributed by atoms with Gasteiger partial charge in [0.05, 0.1) is 11.1 Å². The Morgan fingerprint density at radius 2 is 2.33 bits per heavy atom. The van der Waals surface area contributed by atoms with Crippen molar-refractivity contribution in [3.8, 4) is 0 Å². The first-order chi connectivity index (χ1) is 6.96. The SMILES string of the molecule is CC1(C)OC[C@H](/C=C2\OC(=O)C=C2Br)O1. The largest absolute Gasteiger partial charge is 0.422 e. The second-order valence-corrected chi connectivity index (χ2v) is 4.67. The number of carbonyl (C=O) groups excluding carboxylic acids is 1. The van der Waals surface area contributed by atoms with Crippen LogP contribution in [0.15, 0.2) is 22.4 Å². The molecule has 0 bridgehead atoms. The average molecular weight is 275 g/mol. The van der Waals surface area contributed by atoms with E-state index in [1.807, 2.05) is 13.8 Å². The topological polar surface area (TPSA) is 44.8 Å². The molecule has 2 aliphatic heterocycles. The van der Waals surface area contributed by atoms with Gasteiger partial charge in [0, 0.05) is 6.08 Å². The number of ether oxygens (including phenoxy) is 3. The predicted octanol–water partition coefficient (Wildman–Crippen LogP) is 1.86. The van der Waals surface area contributed by atoms with Gasteiger partial charge in [-0.15, -0.1) is 0 Å². The standard InChI is InChI=1S/C10H11BrO4/c1-10(2)13-5-6(15-10)3-8-7(11)4-9(12)14-8/h3-4,6H,5H2,1-2H3/b8-3-/t6-/m0/s1. The Morgan fingerprint density at radius 1 is 1.60 bits per heavy atom. The maximum atomic E-state index is 10.9. The summed E-state index contributed by atoms with van der Waals surface area (Å²) in [6.45, 7) is 4.16. The molecule has 15 heavy (non-hydrogen) atoms. The summed E-state index contributed by atoms with van der Waals surface area (Å²) in [7, 11) is 0. The van der Waals surface area contributed by atoms with E-state index in [2.05, 4.69) is 15.9 Å². The van der Waals surface area contributed by atoms with Gasteiger partial charge >= 0.3 is 5.97 Å². The van der Waals surface area contributed by atoms with Crippen LogP contribution in [0.3, 0.4) is 0 Å². The normalized spacial score (nSPS) is 31.9. The molecule has 0 aromatic carbocycles. The van der Waals surface area contributed by atoms with Gasteiger partial charge in [-0.2, -0.15) is 0 Å². The molecule has 2 rings (SSSR count). The van der Waals surface area contributed by atoms with Gasteiger partial charge in [0.15, 0.2) is 5.79 Å². The van der Waals surface area contributed by atoms with E-state index in [1.165, 1.54) is 6.08 Å². The summed E-state index contributed by atoms with van der Waals surface area (Å²) in [4.78, 5) is 10.9. The van der Waals surface area contributed by atoms with Crippen molar-refractivity contribution < 1.29 is 19.0 Å². The molecule has 0 N–H and O–H groups in total. The highest BCUT2D eigenvalue weighted by Crippen LogP contribution is 2.29. The van der Waals surface area contributed by atoms with Gasteiger partial charge in [-0.25, -0.2) is 4.79 Å². The molecule has 0 saturated carbocycles. The summed E-state index contributed by atoms with van der Waals surface area (Å²) in [5.74, 6) is -0.446. The van der Waals surface area contributed by atoms with Crippen LogP contribution in [-0.2, 0) is 19.0 Å². The van der Waals surface area contributed by atoms with Crippen molar-refractivity contribution in [2.75, 3.05) is 6.61 Å². The average Bonchev–Trinajstić information content (AvgIpc) is 2.57. The van der Waals surface area contributed by atoms with E-state index >= 15 is 0 Å². The molecule has 0 radical (unpaired) electrons. The Balaban J connectivity index is 2.07. The van der Waals surface area contributed by atoms with Crippen LogP contribution in [0.25, 0.3) is 0 Å². The lowest BCUT2D eigenvalue weighted by molar-refractivity contribution is -0.134. The molecule has 0 unspecified atom stereocenters. The molecule has 0 aromatic heterocycles. The van der Waals surface area contributed by atoms with Crippen molar-refractivity contribution in [3.63, 3.8) is 0 Å². The summed E-state index contributed by atoms with van der Waals surface area (Å²) < 4.78 is 16.5. The highest BCUT2D eigenvalue weighted by molar-refractivity contribution is 9.12. The maximum absolute atomic E-state index is 10.9. The fourth-order valence-corrected chi connectivity index (χ4v) is 1.84. The predicted molar refractivity (Wildman–Crippen MR) is 56.1 cm³/mol. The lowest BCUT2D eigenvalue weighted by Crippen LogP contribution is -2.20.